The summed E-state index contributed by atoms with van der Waals surface area (Å²) in [5, 5.41) is 6.08. The summed E-state index contributed by atoms with van der Waals surface area (Å²) in [6.45, 7) is 4.11. The molecule has 4 rings (SSSR count). The standard InChI is InChI=1S/C26H23FN4O4/c1-3-35-26(34)29-20-8-9-21-24(23(20)18-10-12-28-13-11-18)25(30-22(33)15-32)16(2)31(21)14-17-4-6-19(27)7-5-17/h4-13,15H,3,14H2,1-2H3,(H,29,34)(H,30,33). The van der Waals surface area contributed by atoms with E-state index in [1.165, 1.54) is 12.1 Å². The smallest absolute Gasteiger partial charge is 0.411 e. The third-order valence-corrected chi connectivity index (χ3v) is 5.58. The number of hydrogen-bond donors (Lipinski definition) is 2. The molecule has 35 heavy (non-hydrogen) atoms. The van der Waals surface area contributed by atoms with Gasteiger partial charge in [-0.15, -0.1) is 0 Å². The summed E-state index contributed by atoms with van der Waals surface area (Å²) in [7, 11) is 0. The number of carbonyl (C=O) groups is 3. The SMILES string of the molecule is CCOC(=O)Nc1ccc2c(c(NC(=O)C=O)c(C)n2Cc2ccc(F)cc2)c1-c1ccncc1. The van der Waals surface area contributed by atoms with Gasteiger partial charge in [0.05, 0.1) is 23.5 Å². The molecular formula is C26H23FN4O4. The summed E-state index contributed by atoms with van der Waals surface area (Å²) < 4.78 is 20.5. The van der Waals surface area contributed by atoms with Crippen molar-refractivity contribution in [1.82, 2.24) is 9.55 Å². The van der Waals surface area contributed by atoms with Crippen molar-refractivity contribution in [2.75, 3.05) is 17.2 Å². The zero-order chi connectivity index (χ0) is 24.9. The Labute approximate surface area is 200 Å². The number of halogens is 1. The molecule has 178 valence electrons. The monoisotopic (exact) mass is 474 g/mol. The Morgan fingerprint density at radius 2 is 1.77 bits per heavy atom. The lowest BCUT2D eigenvalue weighted by Gasteiger charge is -2.15. The molecular weight excluding hydrogens is 451 g/mol. The minimum Gasteiger partial charge on any atom is -0.450 e. The van der Waals surface area contributed by atoms with E-state index in [0.29, 0.717) is 34.6 Å². The molecule has 0 bridgehead atoms. The third-order valence-electron chi connectivity index (χ3n) is 5.58. The molecule has 0 atom stereocenters. The summed E-state index contributed by atoms with van der Waals surface area (Å²) in [5.74, 6) is -1.14. The highest BCUT2D eigenvalue weighted by Gasteiger charge is 2.23. The maximum absolute atomic E-state index is 13.5. The Morgan fingerprint density at radius 1 is 1.06 bits per heavy atom. The fraction of sp³-hybridized carbons (Fsp3) is 0.154. The summed E-state index contributed by atoms with van der Waals surface area (Å²) in [6, 6.07) is 13.3. The highest BCUT2D eigenvalue weighted by atomic mass is 19.1. The fourth-order valence-electron chi connectivity index (χ4n) is 4.05. The number of carbonyl (C=O) groups excluding carboxylic acids is 3. The Bertz CT molecular complexity index is 1400. The second-order valence-electron chi connectivity index (χ2n) is 7.74. The van der Waals surface area contributed by atoms with Crippen LogP contribution < -0.4 is 10.6 Å². The first kappa shape index (κ1) is 23.6. The van der Waals surface area contributed by atoms with Crippen LogP contribution in [0.4, 0.5) is 20.6 Å². The van der Waals surface area contributed by atoms with Gasteiger partial charge in [-0.2, -0.15) is 0 Å². The van der Waals surface area contributed by atoms with Gasteiger partial charge in [0.15, 0.2) is 0 Å². The Hall–Kier alpha value is -4.53. The van der Waals surface area contributed by atoms with Crippen molar-refractivity contribution in [1.29, 1.82) is 0 Å². The number of hydrogen-bond acceptors (Lipinski definition) is 5. The summed E-state index contributed by atoms with van der Waals surface area (Å²) in [6.07, 6.45) is 2.82. The molecule has 0 aliphatic heterocycles. The number of nitrogens with one attached hydrogen (secondary N) is 2. The van der Waals surface area contributed by atoms with Crippen LogP contribution in [0, 0.1) is 12.7 Å². The van der Waals surface area contributed by atoms with Gasteiger partial charge in [-0.3, -0.25) is 19.9 Å². The zero-order valence-electron chi connectivity index (χ0n) is 19.2. The number of fused-ring (bicyclic) bond motifs is 1. The van der Waals surface area contributed by atoms with Gasteiger partial charge in [-0.05, 0) is 61.4 Å². The predicted molar refractivity (Wildman–Crippen MR) is 131 cm³/mol. The number of anilines is 2. The van der Waals surface area contributed by atoms with E-state index < -0.39 is 12.0 Å². The van der Waals surface area contributed by atoms with Crippen molar-refractivity contribution in [3.05, 3.63) is 78.0 Å². The molecule has 0 unspecified atom stereocenters. The molecule has 0 saturated carbocycles. The topological polar surface area (TPSA) is 102 Å². The van der Waals surface area contributed by atoms with Crippen LogP contribution in [0.1, 0.15) is 18.2 Å². The third kappa shape index (κ3) is 4.89. The van der Waals surface area contributed by atoms with Gasteiger partial charge in [-0.25, -0.2) is 9.18 Å². The Morgan fingerprint density at radius 3 is 2.43 bits per heavy atom. The average molecular weight is 474 g/mol. The quantitative estimate of drug-likeness (QED) is 0.293. The van der Waals surface area contributed by atoms with Crippen LogP contribution in [0.15, 0.2) is 60.9 Å². The van der Waals surface area contributed by atoms with Crippen molar-refractivity contribution in [3.63, 3.8) is 0 Å². The van der Waals surface area contributed by atoms with Crippen LogP contribution in [-0.2, 0) is 20.9 Å². The molecule has 0 spiro atoms. The van der Waals surface area contributed by atoms with E-state index in [0.717, 1.165) is 16.6 Å². The number of nitrogens with zero attached hydrogens (tertiary/aromatic N) is 2. The lowest BCUT2D eigenvalue weighted by molar-refractivity contribution is -0.127. The van der Waals surface area contributed by atoms with Gasteiger partial charge in [0, 0.05) is 35.6 Å². The fourth-order valence-corrected chi connectivity index (χ4v) is 4.05. The predicted octanol–water partition coefficient (Wildman–Crippen LogP) is 4.90. The number of amides is 2. The first-order chi connectivity index (χ1) is 16.9. The molecule has 4 aromatic rings. The largest absolute Gasteiger partial charge is 0.450 e. The minimum atomic E-state index is -0.807. The van der Waals surface area contributed by atoms with Crippen LogP contribution in [0.3, 0.4) is 0 Å². The summed E-state index contributed by atoms with van der Waals surface area (Å²) in [4.78, 5) is 39.7. The van der Waals surface area contributed by atoms with Gasteiger partial charge in [0.1, 0.15) is 5.82 Å². The number of rotatable bonds is 7. The maximum Gasteiger partial charge on any atom is 0.411 e. The lowest BCUT2D eigenvalue weighted by Crippen LogP contribution is -2.15. The molecule has 2 heterocycles. The zero-order valence-corrected chi connectivity index (χ0v) is 19.2. The minimum absolute atomic E-state index is 0.201. The van der Waals surface area contributed by atoms with Gasteiger partial charge in [0.2, 0.25) is 6.29 Å². The van der Waals surface area contributed by atoms with E-state index in [2.05, 4.69) is 15.6 Å². The van der Waals surface area contributed by atoms with E-state index in [1.54, 1.807) is 49.6 Å². The van der Waals surface area contributed by atoms with E-state index in [-0.39, 0.29) is 18.7 Å². The molecule has 2 N–H and O–H groups in total. The van der Waals surface area contributed by atoms with Gasteiger partial charge >= 0.3 is 6.09 Å². The first-order valence-electron chi connectivity index (χ1n) is 10.9. The lowest BCUT2D eigenvalue weighted by atomic mass is 9.99. The first-order valence-corrected chi connectivity index (χ1v) is 10.9. The van der Waals surface area contributed by atoms with Gasteiger partial charge < -0.3 is 14.6 Å². The second-order valence-corrected chi connectivity index (χ2v) is 7.74. The maximum atomic E-state index is 13.5. The van der Waals surface area contributed by atoms with Crippen molar-refractivity contribution < 1.29 is 23.5 Å². The van der Waals surface area contributed by atoms with Crippen LogP contribution >= 0.6 is 0 Å². The number of ether oxygens (including phenoxy) is 1. The number of aromatic nitrogens is 2. The van der Waals surface area contributed by atoms with Crippen LogP contribution in [-0.4, -0.2) is 34.4 Å². The van der Waals surface area contributed by atoms with Crippen molar-refractivity contribution in [3.8, 4) is 11.1 Å². The molecule has 9 heteroatoms. The van der Waals surface area contributed by atoms with E-state index >= 15 is 0 Å². The number of benzene rings is 2. The highest BCUT2D eigenvalue weighted by molar-refractivity contribution is 6.31. The van der Waals surface area contributed by atoms with Crippen molar-refractivity contribution in [2.45, 2.75) is 20.4 Å². The average Bonchev–Trinajstić information content (AvgIpc) is 3.11. The molecule has 2 aromatic heterocycles. The summed E-state index contributed by atoms with van der Waals surface area (Å²) >= 11 is 0. The summed E-state index contributed by atoms with van der Waals surface area (Å²) in [5.41, 5.74) is 4.52. The van der Waals surface area contributed by atoms with E-state index in [4.69, 9.17) is 4.74 Å². The highest BCUT2D eigenvalue weighted by Crippen LogP contribution is 2.42. The Balaban J connectivity index is 1.99. The second kappa shape index (κ2) is 10.2. The van der Waals surface area contributed by atoms with E-state index in [1.807, 2.05) is 17.6 Å². The number of pyridine rings is 1. The molecule has 0 radical (unpaired) electrons. The molecule has 8 nitrogen and oxygen atoms in total. The number of aldehydes is 1. The van der Waals surface area contributed by atoms with Crippen LogP contribution in [0.2, 0.25) is 0 Å². The van der Waals surface area contributed by atoms with Crippen LogP contribution in [0.5, 0.6) is 0 Å². The van der Waals surface area contributed by atoms with Gasteiger partial charge in [-0.1, -0.05) is 12.1 Å². The van der Waals surface area contributed by atoms with E-state index in [9.17, 15) is 18.8 Å². The van der Waals surface area contributed by atoms with Crippen molar-refractivity contribution >= 4 is 40.6 Å². The molecule has 0 aliphatic carbocycles. The van der Waals surface area contributed by atoms with Crippen molar-refractivity contribution in [2.24, 2.45) is 0 Å². The Kier molecular flexibility index (Phi) is 6.86. The normalized spacial score (nSPS) is 10.7. The van der Waals surface area contributed by atoms with Crippen LogP contribution in [0.25, 0.3) is 22.0 Å². The molecule has 0 fully saturated rings. The van der Waals surface area contributed by atoms with Gasteiger partial charge in [0.25, 0.3) is 5.91 Å². The molecule has 2 aromatic carbocycles. The molecule has 0 saturated heterocycles. The molecule has 0 aliphatic rings. The molecule has 2 amide bonds.